The van der Waals surface area contributed by atoms with Crippen molar-refractivity contribution in [3.8, 4) is 33.4 Å². The van der Waals surface area contributed by atoms with E-state index in [-0.39, 0.29) is 5.41 Å². The number of furan rings is 1. The van der Waals surface area contributed by atoms with Gasteiger partial charge in [0.15, 0.2) is 0 Å². The number of hydrogen-bond acceptors (Lipinski definition) is 3. The smallest absolute Gasteiger partial charge is 0.143 e. The van der Waals surface area contributed by atoms with Crippen molar-refractivity contribution in [1.29, 1.82) is 0 Å². The van der Waals surface area contributed by atoms with E-state index >= 15 is 0 Å². The number of anilines is 3. The average molecular weight is 760 g/mol. The van der Waals surface area contributed by atoms with Crippen LogP contribution in [0.3, 0.4) is 0 Å². The van der Waals surface area contributed by atoms with Gasteiger partial charge >= 0.3 is 0 Å². The number of thiophene rings is 1. The monoisotopic (exact) mass is 759 g/mol. The molecule has 0 radical (unpaired) electrons. The first-order chi connectivity index (χ1) is 28.5. The maximum Gasteiger partial charge on any atom is 0.143 e. The SMILES string of the molecule is CC1(C)c2ccccc2-c2cccc(N(c3ccc(-c4ccc5c(c4)sc4ccccc45)cc3)c3ccccc3-c3cccc4oc5c6ccccc6ccc5c34)c21. The molecule has 3 heteroatoms. The molecular weight excluding hydrogens is 723 g/mol. The van der Waals surface area contributed by atoms with Crippen molar-refractivity contribution in [2.24, 2.45) is 0 Å². The van der Waals surface area contributed by atoms with Crippen LogP contribution in [-0.2, 0) is 5.41 Å². The molecule has 0 saturated carbocycles. The van der Waals surface area contributed by atoms with E-state index in [9.17, 15) is 0 Å². The summed E-state index contributed by atoms with van der Waals surface area (Å²) < 4.78 is 9.35. The first-order valence-corrected chi connectivity index (χ1v) is 20.8. The van der Waals surface area contributed by atoms with E-state index < -0.39 is 0 Å². The largest absolute Gasteiger partial charge is 0.455 e. The Balaban J connectivity index is 1.07. The van der Waals surface area contributed by atoms with Gasteiger partial charge in [0, 0.05) is 53.0 Å². The second-order valence-electron chi connectivity index (χ2n) is 16.0. The Morgan fingerprint density at radius 2 is 1.12 bits per heavy atom. The maximum atomic E-state index is 6.71. The van der Waals surface area contributed by atoms with Crippen LogP contribution in [0.5, 0.6) is 0 Å². The third-order valence-corrected chi connectivity index (χ3v) is 13.6. The minimum Gasteiger partial charge on any atom is -0.455 e. The summed E-state index contributed by atoms with van der Waals surface area (Å²) >= 11 is 1.87. The summed E-state index contributed by atoms with van der Waals surface area (Å²) in [4.78, 5) is 2.50. The molecule has 0 saturated heterocycles. The predicted octanol–water partition coefficient (Wildman–Crippen LogP) is 16.2. The molecular formula is C55H37NOS. The van der Waals surface area contributed by atoms with Crippen LogP contribution in [0.4, 0.5) is 17.1 Å². The molecule has 58 heavy (non-hydrogen) atoms. The van der Waals surface area contributed by atoms with Crippen molar-refractivity contribution in [2.75, 3.05) is 4.90 Å². The normalized spacial score (nSPS) is 13.1. The topological polar surface area (TPSA) is 16.4 Å². The lowest BCUT2D eigenvalue weighted by Crippen LogP contribution is -2.21. The summed E-state index contributed by atoms with van der Waals surface area (Å²) in [5, 5.41) is 7.21. The molecule has 1 aliphatic rings. The highest BCUT2D eigenvalue weighted by Crippen LogP contribution is 2.55. The third-order valence-electron chi connectivity index (χ3n) is 12.5. The van der Waals surface area contributed by atoms with E-state index in [1.807, 2.05) is 11.3 Å². The zero-order valence-electron chi connectivity index (χ0n) is 32.2. The second kappa shape index (κ2) is 12.5. The number of fused-ring (bicyclic) bond motifs is 11. The molecule has 0 bridgehead atoms. The van der Waals surface area contributed by atoms with Crippen molar-refractivity contribution in [1.82, 2.24) is 0 Å². The summed E-state index contributed by atoms with van der Waals surface area (Å²) in [5.41, 5.74) is 15.0. The molecule has 0 aliphatic heterocycles. The summed E-state index contributed by atoms with van der Waals surface area (Å²) in [6.45, 7) is 4.75. The van der Waals surface area contributed by atoms with Gasteiger partial charge in [-0.3, -0.25) is 0 Å². The number of benzene rings is 9. The Hall–Kier alpha value is -6.94. The Morgan fingerprint density at radius 3 is 2.02 bits per heavy atom. The maximum absolute atomic E-state index is 6.71. The van der Waals surface area contributed by atoms with E-state index in [1.54, 1.807) is 0 Å². The van der Waals surface area contributed by atoms with Crippen LogP contribution < -0.4 is 4.90 Å². The lowest BCUT2D eigenvalue weighted by Gasteiger charge is -2.33. The van der Waals surface area contributed by atoms with Gasteiger partial charge in [0.25, 0.3) is 0 Å². The fraction of sp³-hybridized carbons (Fsp3) is 0.0545. The highest BCUT2D eigenvalue weighted by atomic mass is 32.1. The summed E-state index contributed by atoms with van der Waals surface area (Å²) in [6, 6.07) is 68.9. The van der Waals surface area contributed by atoms with Gasteiger partial charge in [-0.15, -0.1) is 11.3 Å². The van der Waals surface area contributed by atoms with Gasteiger partial charge in [0.2, 0.25) is 0 Å². The fourth-order valence-corrected chi connectivity index (χ4v) is 10.9. The molecule has 9 aromatic carbocycles. The predicted molar refractivity (Wildman–Crippen MR) is 247 cm³/mol. The van der Waals surface area contributed by atoms with Crippen LogP contribution in [0.15, 0.2) is 192 Å². The number of rotatable bonds is 5. The van der Waals surface area contributed by atoms with Crippen molar-refractivity contribution in [3.05, 3.63) is 199 Å². The van der Waals surface area contributed by atoms with Crippen molar-refractivity contribution >= 4 is 81.3 Å². The molecule has 2 nitrogen and oxygen atoms in total. The Kier molecular flexibility index (Phi) is 7.18. The number of nitrogens with zero attached hydrogens (tertiary/aromatic N) is 1. The Labute approximate surface area is 340 Å². The summed E-state index contributed by atoms with van der Waals surface area (Å²) in [5.74, 6) is 0. The quantitative estimate of drug-likeness (QED) is 0.174. The summed E-state index contributed by atoms with van der Waals surface area (Å²) in [7, 11) is 0. The molecule has 0 amide bonds. The minimum absolute atomic E-state index is 0.211. The molecule has 2 aromatic heterocycles. The van der Waals surface area contributed by atoms with Gasteiger partial charge in [0.1, 0.15) is 11.2 Å². The lowest BCUT2D eigenvalue weighted by atomic mass is 9.81. The van der Waals surface area contributed by atoms with Gasteiger partial charge in [0.05, 0.1) is 11.4 Å². The minimum atomic E-state index is -0.211. The van der Waals surface area contributed by atoms with Gasteiger partial charge in [-0.25, -0.2) is 0 Å². The molecule has 0 N–H and O–H groups in total. The van der Waals surface area contributed by atoms with Gasteiger partial charge < -0.3 is 9.32 Å². The second-order valence-corrected chi connectivity index (χ2v) is 17.1. The highest BCUT2D eigenvalue weighted by molar-refractivity contribution is 7.25. The summed E-state index contributed by atoms with van der Waals surface area (Å²) in [6.07, 6.45) is 0. The Morgan fingerprint density at radius 1 is 0.466 bits per heavy atom. The molecule has 0 fully saturated rings. The molecule has 11 aromatic rings. The zero-order valence-corrected chi connectivity index (χ0v) is 33.0. The van der Waals surface area contributed by atoms with E-state index in [0.29, 0.717) is 0 Å². The molecule has 274 valence electrons. The van der Waals surface area contributed by atoms with Crippen LogP contribution in [-0.4, -0.2) is 0 Å². The van der Waals surface area contributed by atoms with E-state index in [4.69, 9.17) is 4.42 Å². The first kappa shape index (κ1) is 33.2. The van der Waals surface area contributed by atoms with Crippen LogP contribution in [0.1, 0.15) is 25.0 Å². The van der Waals surface area contributed by atoms with E-state index in [0.717, 1.165) is 49.8 Å². The van der Waals surface area contributed by atoms with Crippen LogP contribution in [0.25, 0.3) is 86.3 Å². The third kappa shape index (κ3) is 4.84. The number of hydrogen-bond donors (Lipinski definition) is 0. The van der Waals surface area contributed by atoms with Crippen LogP contribution in [0, 0.1) is 0 Å². The van der Waals surface area contributed by atoms with E-state index in [1.165, 1.54) is 64.6 Å². The van der Waals surface area contributed by atoms with Crippen molar-refractivity contribution < 1.29 is 4.42 Å². The molecule has 2 heterocycles. The zero-order chi connectivity index (χ0) is 38.5. The standard InChI is InChI=1S/C55H37NOS/c1-55(2)46-20-8-5-15-39(46)44-19-11-22-48(53(44)55)56(37-29-25-34(26-30-37)36-28-31-42-41-17-7-10-24-50(41)58-51(42)33-36)47-21-9-6-16-40(47)43-18-12-23-49-52(43)45-32-27-35-13-3-4-14-38(35)54(45)57-49/h3-33H,1-2H3. The van der Waals surface area contributed by atoms with E-state index in [2.05, 4.69) is 207 Å². The van der Waals surface area contributed by atoms with Gasteiger partial charge in [-0.1, -0.05) is 153 Å². The fourth-order valence-electron chi connectivity index (χ4n) is 9.80. The molecule has 12 rings (SSSR count). The Bertz CT molecular complexity index is 3440. The van der Waals surface area contributed by atoms with Gasteiger partial charge in [-0.05, 0) is 92.9 Å². The van der Waals surface area contributed by atoms with Crippen LogP contribution in [0.2, 0.25) is 0 Å². The lowest BCUT2D eigenvalue weighted by molar-refractivity contribution is 0.661. The highest BCUT2D eigenvalue weighted by Gasteiger charge is 2.39. The number of para-hydroxylation sites is 1. The van der Waals surface area contributed by atoms with Crippen LogP contribution >= 0.6 is 11.3 Å². The molecule has 0 unspecified atom stereocenters. The molecule has 0 spiro atoms. The molecule has 1 aliphatic carbocycles. The van der Waals surface area contributed by atoms with Gasteiger partial charge in [-0.2, -0.15) is 0 Å². The van der Waals surface area contributed by atoms with Crippen molar-refractivity contribution in [3.63, 3.8) is 0 Å². The van der Waals surface area contributed by atoms with Crippen molar-refractivity contribution in [2.45, 2.75) is 19.3 Å². The molecule has 0 atom stereocenters. The average Bonchev–Trinajstić information content (AvgIpc) is 3.92. The first-order valence-electron chi connectivity index (χ1n) is 20.0.